The second kappa shape index (κ2) is 4.99. The number of allylic oxidation sites excluding steroid dienone is 4. The minimum Gasteiger partial charge on any atom is -0.295 e. The van der Waals surface area contributed by atoms with Crippen molar-refractivity contribution in [2.45, 2.75) is 53.9 Å². The molecule has 0 saturated heterocycles. The number of hydrogen-bond donors (Lipinski definition) is 0. The minimum atomic E-state index is 0.278. The molecule has 0 heterocycles. The predicted molar refractivity (Wildman–Crippen MR) is 69.3 cm³/mol. The maximum Gasteiger partial charge on any atom is 0.157 e. The molecule has 1 heteroatoms. The van der Waals surface area contributed by atoms with Gasteiger partial charge in [-0.3, -0.25) is 4.79 Å². The molecule has 0 N–H and O–H groups in total. The van der Waals surface area contributed by atoms with Gasteiger partial charge in [0.2, 0.25) is 0 Å². The van der Waals surface area contributed by atoms with Gasteiger partial charge in [-0.05, 0) is 43.6 Å². The van der Waals surface area contributed by atoms with Crippen LogP contribution in [0.25, 0.3) is 0 Å². The molecule has 0 aromatic carbocycles. The first-order chi connectivity index (χ1) is 7.39. The van der Waals surface area contributed by atoms with Crippen molar-refractivity contribution >= 4 is 5.78 Å². The van der Waals surface area contributed by atoms with E-state index < -0.39 is 0 Å². The maximum absolute atomic E-state index is 11.5. The van der Waals surface area contributed by atoms with Crippen molar-refractivity contribution in [2.75, 3.05) is 0 Å². The first-order valence-corrected chi connectivity index (χ1v) is 6.26. The number of carbonyl (C=O) groups excluding carboxylic acids is 1. The summed E-state index contributed by atoms with van der Waals surface area (Å²) >= 11 is 0. The third-order valence-electron chi connectivity index (χ3n) is 4.22. The first-order valence-electron chi connectivity index (χ1n) is 6.26. The number of rotatable bonds is 4. The molecular formula is C15H24O. The van der Waals surface area contributed by atoms with Crippen LogP contribution in [-0.4, -0.2) is 5.78 Å². The summed E-state index contributed by atoms with van der Waals surface area (Å²) in [5.41, 5.74) is 2.72. The lowest BCUT2D eigenvalue weighted by Crippen LogP contribution is -2.20. The van der Waals surface area contributed by atoms with Gasteiger partial charge in [0.25, 0.3) is 0 Å². The molecule has 0 radical (unpaired) electrons. The van der Waals surface area contributed by atoms with E-state index in [-0.39, 0.29) is 5.78 Å². The van der Waals surface area contributed by atoms with E-state index in [2.05, 4.69) is 32.9 Å². The van der Waals surface area contributed by atoms with Crippen molar-refractivity contribution in [2.24, 2.45) is 11.3 Å². The van der Waals surface area contributed by atoms with Crippen molar-refractivity contribution in [1.29, 1.82) is 0 Å². The van der Waals surface area contributed by atoms with Gasteiger partial charge in [0.1, 0.15) is 0 Å². The molecule has 90 valence electrons. The van der Waals surface area contributed by atoms with Gasteiger partial charge < -0.3 is 0 Å². The third-order valence-corrected chi connectivity index (χ3v) is 4.22. The molecule has 0 fully saturated rings. The fourth-order valence-electron chi connectivity index (χ4n) is 2.30. The van der Waals surface area contributed by atoms with Crippen LogP contribution in [0.2, 0.25) is 0 Å². The van der Waals surface area contributed by atoms with E-state index in [4.69, 9.17) is 0 Å². The normalized spacial score (nSPS) is 24.4. The van der Waals surface area contributed by atoms with Gasteiger partial charge in [-0.2, -0.15) is 0 Å². The Hall–Kier alpha value is -0.850. The number of Topliss-reactive ketones (excluding diaryl/α,β-unsaturated/α-hetero) is 1. The Balaban J connectivity index is 2.62. The Bertz CT molecular complexity index is 331. The molecule has 1 rings (SSSR count). The summed E-state index contributed by atoms with van der Waals surface area (Å²) in [4.78, 5) is 11.5. The fraction of sp³-hybridized carbons (Fsp3) is 0.667. The average molecular weight is 220 g/mol. The highest BCUT2D eigenvalue weighted by molar-refractivity contribution is 5.94. The molecule has 0 aliphatic heterocycles. The van der Waals surface area contributed by atoms with Gasteiger partial charge in [0.15, 0.2) is 5.78 Å². The van der Waals surface area contributed by atoms with E-state index in [1.807, 2.05) is 13.8 Å². The van der Waals surface area contributed by atoms with Gasteiger partial charge >= 0.3 is 0 Å². The van der Waals surface area contributed by atoms with Crippen molar-refractivity contribution in [1.82, 2.24) is 0 Å². The SMILES string of the molecule is CCC(=O)/C(C)=C/C[C@@H]1CC=C(C)C1(C)C. The predicted octanol–water partition coefficient (Wildman–Crippen LogP) is 4.29. The van der Waals surface area contributed by atoms with E-state index in [1.165, 1.54) is 5.57 Å². The Morgan fingerprint density at radius 3 is 2.62 bits per heavy atom. The lowest BCUT2D eigenvalue weighted by Gasteiger charge is -2.29. The molecule has 16 heavy (non-hydrogen) atoms. The zero-order chi connectivity index (χ0) is 12.3. The van der Waals surface area contributed by atoms with Crippen LogP contribution in [0.1, 0.15) is 53.9 Å². The Labute approximate surface area is 99.6 Å². The molecule has 0 spiro atoms. The highest BCUT2D eigenvalue weighted by Crippen LogP contribution is 2.44. The number of ketones is 1. The monoisotopic (exact) mass is 220 g/mol. The van der Waals surface area contributed by atoms with Crippen LogP contribution >= 0.6 is 0 Å². The highest BCUT2D eigenvalue weighted by Gasteiger charge is 2.33. The summed E-state index contributed by atoms with van der Waals surface area (Å²) in [6, 6.07) is 0. The van der Waals surface area contributed by atoms with Crippen LogP contribution in [-0.2, 0) is 4.79 Å². The largest absolute Gasteiger partial charge is 0.295 e. The van der Waals surface area contributed by atoms with Crippen LogP contribution in [0.4, 0.5) is 0 Å². The zero-order valence-electron chi connectivity index (χ0n) is 11.3. The van der Waals surface area contributed by atoms with Crippen LogP contribution in [0.5, 0.6) is 0 Å². The standard InChI is InChI=1S/C15H24O/c1-6-14(16)11(2)7-9-13-10-8-12(3)15(13,4)5/h7-8,13H,6,9-10H2,1-5H3/b11-7+/t13-/m1/s1. The lowest BCUT2D eigenvalue weighted by molar-refractivity contribution is -0.115. The Kier molecular flexibility index (Phi) is 4.12. The van der Waals surface area contributed by atoms with E-state index in [0.29, 0.717) is 17.8 Å². The molecule has 0 aromatic heterocycles. The smallest absolute Gasteiger partial charge is 0.157 e. The molecule has 1 nitrogen and oxygen atoms in total. The second-order valence-electron chi connectivity index (χ2n) is 5.44. The van der Waals surface area contributed by atoms with E-state index >= 15 is 0 Å². The molecule has 1 atom stereocenters. The Morgan fingerprint density at radius 2 is 2.19 bits per heavy atom. The van der Waals surface area contributed by atoms with Crippen LogP contribution < -0.4 is 0 Å². The minimum absolute atomic E-state index is 0.278. The van der Waals surface area contributed by atoms with Crippen molar-refractivity contribution < 1.29 is 4.79 Å². The summed E-state index contributed by atoms with van der Waals surface area (Å²) in [6.45, 7) is 10.7. The second-order valence-corrected chi connectivity index (χ2v) is 5.44. The quantitative estimate of drug-likeness (QED) is 0.510. The number of hydrogen-bond acceptors (Lipinski definition) is 1. The Morgan fingerprint density at radius 1 is 1.56 bits per heavy atom. The zero-order valence-corrected chi connectivity index (χ0v) is 11.3. The van der Waals surface area contributed by atoms with Gasteiger partial charge in [-0.1, -0.05) is 38.5 Å². The maximum atomic E-state index is 11.5. The molecule has 0 amide bonds. The van der Waals surface area contributed by atoms with Crippen molar-refractivity contribution in [3.8, 4) is 0 Å². The van der Waals surface area contributed by atoms with E-state index in [9.17, 15) is 4.79 Å². The van der Waals surface area contributed by atoms with E-state index in [0.717, 1.165) is 18.4 Å². The van der Waals surface area contributed by atoms with Gasteiger partial charge in [0.05, 0.1) is 0 Å². The summed E-state index contributed by atoms with van der Waals surface area (Å²) in [5.74, 6) is 0.938. The summed E-state index contributed by atoms with van der Waals surface area (Å²) in [5, 5.41) is 0. The summed E-state index contributed by atoms with van der Waals surface area (Å²) in [6.07, 6.45) is 7.27. The summed E-state index contributed by atoms with van der Waals surface area (Å²) < 4.78 is 0. The fourth-order valence-corrected chi connectivity index (χ4v) is 2.30. The molecule has 0 saturated carbocycles. The molecular weight excluding hydrogens is 196 g/mol. The van der Waals surface area contributed by atoms with Gasteiger partial charge in [-0.25, -0.2) is 0 Å². The lowest BCUT2D eigenvalue weighted by atomic mass is 9.76. The highest BCUT2D eigenvalue weighted by atomic mass is 16.1. The average Bonchev–Trinajstić information content (AvgIpc) is 2.50. The van der Waals surface area contributed by atoms with Crippen molar-refractivity contribution in [3.05, 3.63) is 23.3 Å². The number of carbonyl (C=O) groups is 1. The van der Waals surface area contributed by atoms with Gasteiger partial charge in [-0.15, -0.1) is 0 Å². The topological polar surface area (TPSA) is 17.1 Å². The molecule has 1 aliphatic rings. The van der Waals surface area contributed by atoms with Crippen LogP contribution in [0, 0.1) is 11.3 Å². The summed E-state index contributed by atoms with van der Waals surface area (Å²) in [7, 11) is 0. The molecule has 0 aromatic rings. The van der Waals surface area contributed by atoms with E-state index in [1.54, 1.807) is 0 Å². The molecule has 0 bridgehead atoms. The van der Waals surface area contributed by atoms with Gasteiger partial charge in [0, 0.05) is 6.42 Å². The molecule has 1 aliphatic carbocycles. The first kappa shape index (κ1) is 13.2. The third kappa shape index (κ3) is 2.63. The van der Waals surface area contributed by atoms with Crippen LogP contribution in [0.15, 0.2) is 23.3 Å². The van der Waals surface area contributed by atoms with Crippen molar-refractivity contribution in [3.63, 3.8) is 0 Å². The van der Waals surface area contributed by atoms with Crippen LogP contribution in [0.3, 0.4) is 0 Å². The molecule has 0 unspecified atom stereocenters.